The van der Waals surface area contributed by atoms with Gasteiger partial charge in [-0.15, -0.1) is 0 Å². The van der Waals surface area contributed by atoms with Crippen molar-refractivity contribution in [1.29, 1.82) is 0 Å². The van der Waals surface area contributed by atoms with E-state index in [1.807, 2.05) is 68.4 Å². The molecule has 0 aliphatic carbocycles. The van der Waals surface area contributed by atoms with Crippen LogP contribution in [0.2, 0.25) is 0 Å². The van der Waals surface area contributed by atoms with Crippen LogP contribution in [0, 0.1) is 13.8 Å². The molecule has 5 nitrogen and oxygen atoms in total. The van der Waals surface area contributed by atoms with Crippen LogP contribution in [-0.4, -0.2) is 14.2 Å². The highest BCUT2D eigenvalue weighted by Crippen LogP contribution is 2.21. The zero-order valence-electron chi connectivity index (χ0n) is 16.9. The molecule has 1 heterocycles. The second kappa shape index (κ2) is 7.87. The summed E-state index contributed by atoms with van der Waals surface area (Å²) in [6.07, 6.45) is 0.212. The van der Waals surface area contributed by atoms with Gasteiger partial charge in [-0.25, -0.2) is 13.9 Å². The van der Waals surface area contributed by atoms with Crippen molar-refractivity contribution >= 4 is 0 Å². The molecule has 0 aliphatic rings. The smallest absolute Gasteiger partial charge is 0.343 e. The summed E-state index contributed by atoms with van der Waals surface area (Å²) >= 11 is 0. The average molecular weight is 398 g/mol. The van der Waals surface area contributed by atoms with E-state index >= 15 is 0 Å². The van der Waals surface area contributed by atoms with Crippen LogP contribution in [-0.2, 0) is 6.42 Å². The van der Waals surface area contributed by atoms with Gasteiger partial charge in [-0.1, -0.05) is 65.7 Å². The van der Waals surface area contributed by atoms with E-state index in [0.29, 0.717) is 11.4 Å². The van der Waals surface area contributed by atoms with Gasteiger partial charge in [-0.05, 0) is 43.7 Å². The molecule has 5 heteroatoms. The molecule has 0 aliphatic heterocycles. The fourth-order valence-corrected chi connectivity index (χ4v) is 3.45. The lowest BCUT2D eigenvalue weighted by Crippen LogP contribution is -2.40. The van der Waals surface area contributed by atoms with Crippen LogP contribution in [0.5, 0.6) is 5.88 Å². The van der Waals surface area contributed by atoms with Gasteiger partial charge in [0.25, 0.3) is 5.56 Å². The van der Waals surface area contributed by atoms with Gasteiger partial charge in [-0.3, -0.25) is 4.79 Å². The topological polar surface area (TPSA) is 64.2 Å². The van der Waals surface area contributed by atoms with E-state index in [1.165, 1.54) is 4.57 Å². The van der Waals surface area contributed by atoms with Gasteiger partial charge in [-0.2, -0.15) is 0 Å². The molecule has 150 valence electrons. The lowest BCUT2D eigenvalue weighted by Gasteiger charge is -2.16. The Kier molecular flexibility index (Phi) is 5.11. The number of aromatic hydroxyl groups is 1. The highest BCUT2D eigenvalue weighted by Gasteiger charge is 2.21. The second-order valence-electron chi connectivity index (χ2n) is 7.39. The summed E-state index contributed by atoms with van der Waals surface area (Å²) < 4.78 is 2.32. The molecule has 4 aromatic rings. The molecule has 0 atom stereocenters. The number of hydrogen-bond acceptors (Lipinski definition) is 3. The fraction of sp³-hybridized carbons (Fsp3) is 0.120. The van der Waals surface area contributed by atoms with Crippen LogP contribution in [0.1, 0.15) is 22.3 Å². The monoisotopic (exact) mass is 398 g/mol. The van der Waals surface area contributed by atoms with Gasteiger partial charge in [0.15, 0.2) is 0 Å². The summed E-state index contributed by atoms with van der Waals surface area (Å²) in [5.74, 6) is -0.332. The maximum atomic E-state index is 13.4. The predicted molar refractivity (Wildman–Crippen MR) is 118 cm³/mol. The summed E-state index contributed by atoms with van der Waals surface area (Å²) in [6, 6.07) is 23.8. The molecule has 30 heavy (non-hydrogen) atoms. The van der Waals surface area contributed by atoms with Crippen LogP contribution >= 0.6 is 0 Å². The van der Waals surface area contributed by atoms with Crippen molar-refractivity contribution in [2.45, 2.75) is 20.3 Å². The minimum Gasteiger partial charge on any atom is -0.494 e. The van der Waals surface area contributed by atoms with Gasteiger partial charge in [0.1, 0.15) is 0 Å². The van der Waals surface area contributed by atoms with Gasteiger partial charge < -0.3 is 5.11 Å². The molecule has 3 aromatic carbocycles. The van der Waals surface area contributed by atoms with Crippen molar-refractivity contribution in [2.24, 2.45) is 0 Å². The van der Waals surface area contributed by atoms with E-state index in [1.54, 1.807) is 24.3 Å². The molecule has 4 rings (SSSR count). The molecule has 0 fully saturated rings. The van der Waals surface area contributed by atoms with E-state index < -0.39 is 11.2 Å². The highest BCUT2D eigenvalue weighted by atomic mass is 16.3. The number of hydrogen-bond donors (Lipinski definition) is 1. The first-order valence-electron chi connectivity index (χ1n) is 9.73. The van der Waals surface area contributed by atoms with Crippen LogP contribution < -0.4 is 11.2 Å². The van der Waals surface area contributed by atoms with E-state index in [-0.39, 0.29) is 17.9 Å². The Bertz CT molecular complexity index is 1300. The number of nitrogens with zero attached hydrogens (tertiary/aromatic N) is 2. The Morgan fingerprint density at radius 1 is 0.700 bits per heavy atom. The Hall–Kier alpha value is -3.86. The van der Waals surface area contributed by atoms with Gasteiger partial charge in [0.2, 0.25) is 5.88 Å². The molecule has 0 saturated heterocycles. The Balaban J connectivity index is 2.02. The molecule has 0 radical (unpaired) electrons. The van der Waals surface area contributed by atoms with Crippen LogP contribution in [0.3, 0.4) is 0 Å². The number of rotatable bonds is 4. The third-order valence-corrected chi connectivity index (χ3v) is 5.13. The molecule has 0 unspecified atom stereocenters. The quantitative estimate of drug-likeness (QED) is 0.567. The van der Waals surface area contributed by atoms with Gasteiger partial charge >= 0.3 is 5.69 Å². The van der Waals surface area contributed by atoms with Crippen LogP contribution in [0.15, 0.2) is 88.5 Å². The molecule has 0 bridgehead atoms. The largest absolute Gasteiger partial charge is 0.494 e. The third kappa shape index (κ3) is 3.57. The minimum atomic E-state index is -0.609. The minimum absolute atomic E-state index is 0.168. The molecular weight excluding hydrogens is 376 g/mol. The summed E-state index contributed by atoms with van der Waals surface area (Å²) in [7, 11) is 0. The first kappa shape index (κ1) is 19.5. The van der Waals surface area contributed by atoms with E-state index in [0.717, 1.165) is 21.3 Å². The highest BCUT2D eigenvalue weighted by molar-refractivity contribution is 5.44. The lowest BCUT2D eigenvalue weighted by molar-refractivity contribution is 0.421. The SMILES string of the molecule is Cc1ccc(-n2c(O)c(Cc3ccccc3)c(=O)n(-c3ccc(C)cc3)c2=O)cc1. The van der Waals surface area contributed by atoms with Crippen molar-refractivity contribution in [2.75, 3.05) is 0 Å². The standard InChI is InChI=1S/C25H22N2O3/c1-17-8-12-20(13-9-17)26-23(28)22(16-19-6-4-3-5-7-19)24(29)27(25(26)30)21-14-10-18(2)11-15-21/h3-15,28H,16H2,1-2H3. The number of aryl methyl sites for hydroxylation is 2. The van der Waals surface area contributed by atoms with Crippen molar-refractivity contribution in [3.05, 3.63) is 122 Å². The van der Waals surface area contributed by atoms with Crippen molar-refractivity contribution in [3.63, 3.8) is 0 Å². The van der Waals surface area contributed by atoms with Crippen molar-refractivity contribution < 1.29 is 5.11 Å². The molecule has 0 spiro atoms. The average Bonchev–Trinajstić information content (AvgIpc) is 2.75. The first-order valence-corrected chi connectivity index (χ1v) is 9.73. The van der Waals surface area contributed by atoms with Gasteiger partial charge in [0, 0.05) is 6.42 Å². The summed E-state index contributed by atoms with van der Waals surface area (Å²) in [4.78, 5) is 26.7. The number of aromatic nitrogens is 2. The van der Waals surface area contributed by atoms with Crippen LogP contribution in [0.4, 0.5) is 0 Å². The van der Waals surface area contributed by atoms with Crippen molar-refractivity contribution in [3.8, 4) is 17.3 Å². The Morgan fingerprint density at radius 3 is 1.73 bits per heavy atom. The predicted octanol–water partition coefficient (Wildman–Crippen LogP) is 3.90. The maximum absolute atomic E-state index is 13.4. The fourth-order valence-electron chi connectivity index (χ4n) is 3.45. The maximum Gasteiger partial charge on any atom is 0.343 e. The van der Waals surface area contributed by atoms with Gasteiger partial charge in [0.05, 0.1) is 16.9 Å². The Morgan fingerprint density at radius 2 is 1.20 bits per heavy atom. The van der Waals surface area contributed by atoms with E-state index in [9.17, 15) is 14.7 Å². The summed E-state index contributed by atoms with van der Waals surface area (Å²) in [6.45, 7) is 3.88. The first-order chi connectivity index (χ1) is 14.5. The Labute approximate surface area is 174 Å². The van der Waals surface area contributed by atoms with E-state index in [2.05, 4.69) is 0 Å². The zero-order chi connectivity index (χ0) is 21.3. The number of benzene rings is 3. The molecule has 1 aromatic heterocycles. The van der Waals surface area contributed by atoms with Crippen LogP contribution in [0.25, 0.3) is 11.4 Å². The molecular formula is C25H22N2O3. The molecule has 0 saturated carbocycles. The summed E-state index contributed by atoms with van der Waals surface area (Å²) in [5, 5.41) is 11.0. The zero-order valence-corrected chi connectivity index (χ0v) is 16.9. The summed E-state index contributed by atoms with van der Waals surface area (Å²) in [5.41, 5.74) is 2.92. The lowest BCUT2D eigenvalue weighted by atomic mass is 10.1. The molecule has 0 amide bonds. The second-order valence-corrected chi connectivity index (χ2v) is 7.39. The van der Waals surface area contributed by atoms with E-state index in [4.69, 9.17) is 0 Å². The normalized spacial score (nSPS) is 10.9. The van der Waals surface area contributed by atoms with Crippen molar-refractivity contribution in [1.82, 2.24) is 9.13 Å². The third-order valence-electron chi connectivity index (χ3n) is 5.13. The molecule has 1 N–H and O–H groups in total.